The molecule has 0 saturated carbocycles. The van der Waals surface area contributed by atoms with E-state index in [2.05, 4.69) is 0 Å². The highest BCUT2D eigenvalue weighted by Gasteiger charge is 2.32. The maximum Gasteiger partial charge on any atom is 0.316 e. The van der Waals surface area contributed by atoms with Gasteiger partial charge in [0.05, 0.1) is 0 Å². The fourth-order valence-electron chi connectivity index (χ4n) is 0.811. The van der Waals surface area contributed by atoms with Crippen molar-refractivity contribution >= 4 is 33.2 Å². The minimum atomic E-state index is -5.52. The van der Waals surface area contributed by atoms with E-state index in [0.717, 1.165) is 0 Å². The smallest absolute Gasteiger partial charge is 0.282 e. The number of hydrogen-bond donors (Lipinski definition) is 1. The van der Waals surface area contributed by atoms with Crippen LogP contribution in [0, 0.1) is 29.1 Å². The molecule has 16 heavy (non-hydrogen) atoms. The van der Waals surface area contributed by atoms with Crippen LogP contribution in [0.15, 0.2) is 4.90 Å². The molecule has 0 spiro atoms. The third kappa shape index (κ3) is 2.44. The number of rotatable bonds is 1. The van der Waals surface area contributed by atoms with Gasteiger partial charge in [-0.15, -0.1) is 0 Å². The van der Waals surface area contributed by atoms with Crippen molar-refractivity contribution < 1.29 is 34.9 Å². The molecule has 1 aromatic rings. The van der Waals surface area contributed by atoms with E-state index in [1.54, 1.807) is 0 Å². The molecule has 0 aliphatic carbocycles. The first kappa shape index (κ1) is 15.5. The Kier molecular flexibility index (Phi) is 4.68. The van der Waals surface area contributed by atoms with Crippen molar-refractivity contribution in [1.82, 2.24) is 0 Å². The summed E-state index contributed by atoms with van der Waals surface area (Å²) in [5.74, 6) is -12.6. The van der Waals surface area contributed by atoms with E-state index < -0.39 is 44.1 Å². The minimum absolute atomic E-state index is 0. The summed E-state index contributed by atoms with van der Waals surface area (Å²) in [6.07, 6.45) is 0. The molecule has 88 valence electrons. The monoisotopic (exact) mass is 274 g/mol. The zero-order valence-electron chi connectivity index (χ0n) is 6.56. The van der Waals surface area contributed by atoms with Crippen molar-refractivity contribution in [3.8, 4) is 0 Å². The quantitative estimate of drug-likeness (QED) is 0.270. The number of hydrogen-bond acceptors (Lipinski definition) is 2. The van der Waals surface area contributed by atoms with Crippen LogP contribution in [0.1, 0.15) is 0 Å². The molecule has 0 unspecified atom stereocenters. The lowest BCUT2D eigenvalue weighted by Gasteiger charge is -2.04. The van der Waals surface area contributed by atoms with E-state index in [-0.39, 0.29) is 23.1 Å². The molecule has 10 heteroatoms. The average Bonchev–Trinajstić information content (AvgIpc) is 2.09. The summed E-state index contributed by atoms with van der Waals surface area (Å²) in [5.41, 5.74) is 0. The normalized spacial score (nSPS) is 11.1. The highest BCUT2D eigenvalue weighted by atomic mass is 32.2. The van der Waals surface area contributed by atoms with Crippen LogP contribution in [0.5, 0.6) is 0 Å². The summed E-state index contributed by atoms with van der Waals surface area (Å²) in [4.78, 5) is -2.26. The Labute approximate surface area is 102 Å². The van der Waals surface area contributed by atoms with Gasteiger partial charge in [-0.2, -0.15) is 8.42 Å². The van der Waals surface area contributed by atoms with Gasteiger partial charge >= 0.3 is 33.2 Å². The van der Waals surface area contributed by atoms with Gasteiger partial charge in [0, 0.05) is 0 Å². The van der Waals surface area contributed by atoms with Gasteiger partial charge in [0.15, 0.2) is 28.2 Å². The first-order valence-corrected chi connectivity index (χ1v) is 4.61. The molecule has 0 radical (unpaired) electrons. The Hall–Kier alpha value is -0.454. The molecule has 1 rings (SSSR count). The summed E-state index contributed by atoms with van der Waals surface area (Å²) in [7, 11) is -5.52. The topological polar surface area (TPSA) is 54.4 Å². The fourth-order valence-corrected chi connectivity index (χ4v) is 1.44. The zero-order chi connectivity index (χ0) is 12.0. The van der Waals surface area contributed by atoms with Crippen LogP contribution in [-0.2, 0) is 10.1 Å². The van der Waals surface area contributed by atoms with Crippen LogP contribution >= 0.6 is 0 Å². The van der Waals surface area contributed by atoms with Crippen molar-refractivity contribution in [1.29, 1.82) is 0 Å². The van der Waals surface area contributed by atoms with Crippen LogP contribution in [-0.4, -0.2) is 36.0 Å². The standard InChI is InChI=1S/C6HF5O3S.Mg.2H/c7-1-2(8)4(10)6(15(12,13)14)5(11)3(1)9;;;/h(H,12,13,14);;;. The molecular weight excluding hydrogens is 271 g/mol. The lowest BCUT2D eigenvalue weighted by atomic mass is 10.3. The van der Waals surface area contributed by atoms with Crippen molar-refractivity contribution in [3.63, 3.8) is 0 Å². The maximum absolute atomic E-state index is 12.6. The van der Waals surface area contributed by atoms with Gasteiger partial charge in [0.2, 0.25) is 5.82 Å². The summed E-state index contributed by atoms with van der Waals surface area (Å²) in [6.45, 7) is 0. The molecule has 0 saturated heterocycles. The van der Waals surface area contributed by atoms with Gasteiger partial charge in [0.1, 0.15) is 0 Å². The fraction of sp³-hybridized carbons (Fsp3) is 0. The summed E-state index contributed by atoms with van der Waals surface area (Å²) < 4.78 is 91.3. The molecule has 0 fully saturated rings. The molecule has 3 nitrogen and oxygen atoms in total. The third-order valence-corrected chi connectivity index (χ3v) is 2.30. The Morgan fingerprint density at radius 2 is 1.00 bits per heavy atom. The van der Waals surface area contributed by atoms with Gasteiger partial charge in [-0.05, 0) is 0 Å². The van der Waals surface area contributed by atoms with Crippen molar-refractivity contribution in [3.05, 3.63) is 29.1 Å². The number of halogens is 5. The Morgan fingerprint density at radius 3 is 1.25 bits per heavy atom. The lowest BCUT2D eigenvalue weighted by molar-refractivity contribution is 0.352. The van der Waals surface area contributed by atoms with Crippen molar-refractivity contribution in [2.75, 3.05) is 0 Å². The lowest BCUT2D eigenvalue weighted by Crippen LogP contribution is -2.11. The van der Waals surface area contributed by atoms with Crippen LogP contribution in [0.3, 0.4) is 0 Å². The minimum Gasteiger partial charge on any atom is -0.282 e. The second kappa shape index (κ2) is 4.81. The van der Waals surface area contributed by atoms with Gasteiger partial charge in [-0.3, -0.25) is 4.55 Å². The van der Waals surface area contributed by atoms with Crippen LogP contribution in [0.4, 0.5) is 22.0 Å². The number of benzene rings is 1. The third-order valence-electron chi connectivity index (χ3n) is 1.43. The van der Waals surface area contributed by atoms with E-state index in [9.17, 15) is 30.4 Å². The molecule has 0 aliphatic heterocycles. The Morgan fingerprint density at radius 1 is 0.750 bits per heavy atom. The average molecular weight is 274 g/mol. The van der Waals surface area contributed by atoms with E-state index in [1.807, 2.05) is 0 Å². The molecule has 0 aliphatic rings. The molecular formula is C6H3F5MgO3S. The largest absolute Gasteiger partial charge is 0.316 e. The van der Waals surface area contributed by atoms with Crippen molar-refractivity contribution in [2.45, 2.75) is 4.90 Å². The van der Waals surface area contributed by atoms with Gasteiger partial charge in [0.25, 0.3) is 0 Å². The van der Waals surface area contributed by atoms with Crippen LogP contribution in [0.25, 0.3) is 0 Å². The van der Waals surface area contributed by atoms with E-state index in [0.29, 0.717) is 0 Å². The Balaban J connectivity index is 0.00000225. The Bertz CT molecular complexity index is 500. The zero-order valence-corrected chi connectivity index (χ0v) is 7.38. The summed E-state index contributed by atoms with van der Waals surface area (Å²) in [6, 6.07) is 0. The molecule has 1 aromatic carbocycles. The molecule has 0 heterocycles. The summed E-state index contributed by atoms with van der Waals surface area (Å²) >= 11 is 0. The van der Waals surface area contributed by atoms with Crippen LogP contribution in [0.2, 0.25) is 0 Å². The molecule has 0 aromatic heterocycles. The van der Waals surface area contributed by atoms with E-state index in [1.165, 1.54) is 0 Å². The second-order valence-electron chi connectivity index (χ2n) is 2.37. The predicted octanol–water partition coefficient (Wildman–Crippen LogP) is 0.713. The van der Waals surface area contributed by atoms with Crippen LogP contribution < -0.4 is 0 Å². The predicted molar refractivity (Wildman–Crippen MR) is 44.6 cm³/mol. The van der Waals surface area contributed by atoms with E-state index >= 15 is 0 Å². The SMILES string of the molecule is O=S(=O)(O)c1c(F)c(F)c(F)c(F)c1F.[MgH2]. The molecule has 0 bridgehead atoms. The first-order valence-electron chi connectivity index (χ1n) is 3.16. The van der Waals surface area contributed by atoms with E-state index in [4.69, 9.17) is 4.55 Å². The first-order chi connectivity index (χ1) is 6.68. The second-order valence-corrected chi connectivity index (χ2v) is 3.73. The highest BCUT2D eigenvalue weighted by molar-refractivity contribution is 7.85. The van der Waals surface area contributed by atoms with Gasteiger partial charge in [-0.25, -0.2) is 22.0 Å². The van der Waals surface area contributed by atoms with Gasteiger partial charge in [-0.1, -0.05) is 0 Å². The highest BCUT2D eigenvalue weighted by Crippen LogP contribution is 2.26. The molecule has 0 atom stereocenters. The summed E-state index contributed by atoms with van der Waals surface area (Å²) in [5, 5.41) is 0. The molecule has 0 amide bonds. The van der Waals surface area contributed by atoms with Gasteiger partial charge < -0.3 is 0 Å². The van der Waals surface area contributed by atoms with Crippen molar-refractivity contribution in [2.24, 2.45) is 0 Å². The maximum atomic E-state index is 12.6. The molecule has 1 N–H and O–H groups in total.